The van der Waals surface area contributed by atoms with Crippen LogP contribution in [-0.4, -0.2) is 24.7 Å². The van der Waals surface area contributed by atoms with Gasteiger partial charge < -0.3 is 15.2 Å². The van der Waals surface area contributed by atoms with E-state index in [9.17, 15) is 0 Å². The van der Waals surface area contributed by atoms with Gasteiger partial charge in [-0.3, -0.25) is 4.98 Å². The molecule has 14 heavy (non-hydrogen) atoms. The molecular weight excluding hydrogens is 248 g/mol. The Bertz CT molecular complexity index is 309. The van der Waals surface area contributed by atoms with Gasteiger partial charge in [-0.2, -0.15) is 0 Å². The smallest absolute Gasteiger partial charge is 0.225 e. The van der Waals surface area contributed by atoms with Crippen LogP contribution in [0.5, 0.6) is 0 Å². The fraction of sp³-hybridized carbons (Fsp3) is 0.444. The number of hydrogen-bond acceptors (Lipinski definition) is 4. The molecule has 5 heteroatoms. The summed E-state index contributed by atoms with van der Waals surface area (Å²) in [6.45, 7) is 1.41. The molecule has 2 N–H and O–H groups in total. The van der Waals surface area contributed by atoms with E-state index in [1.165, 1.54) is 0 Å². The molecule has 0 amide bonds. The Hall–Kier alpha value is -0.490. The van der Waals surface area contributed by atoms with Crippen molar-refractivity contribution in [2.24, 2.45) is 5.73 Å². The molecule has 0 bridgehead atoms. The fourth-order valence-corrected chi connectivity index (χ4v) is 1.66. The maximum Gasteiger partial charge on any atom is 0.225 e. The average molecular weight is 259 g/mol. The number of nitrogens with two attached hydrogens (primary N) is 1. The van der Waals surface area contributed by atoms with E-state index in [0.717, 1.165) is 10.2 Å². The van der Waals surface area contributed by atoms with E-state index >= 15 is 0 Å². The topological polar surface area (TPSA) is 57.4 Å². The van der Waals surface area contributed by atoms with Gasteiger partial charge in [-0.15, -0.1) is 0 Å². The highest BCUT2D eigenvalue weighted by molar-refractivity contribution is 9.10. The molecule has 0 spiro atoms. The van der Waals surface area contributed by atoms with Crippen molar-refractivity contribution in [2.75, 3.05) is 19.8 Å². The monoisotopic (exact) mass is 258 g/mol. The molecule has 0 unspecified atom stereocenters. The minimum absolute atomic E-state index is 0.279. The van der Waals surface area contributed by atoms with Crippen molar-refractivity contribution in [1.29, 1.82) is 0 Å². The number of rotatable bonds is 2. The minimum Gasteiger partial charge on any atom is -0.341 e. The number of aromatic nitrogens is 1. The maximum absolute atomic E-state index is 5.64. The second-order valence-corrected chi connectivity index (χ2v) is 3.93. The molecule has 0 aromatic carbocycles. The number of ether oxygens (including phenoxy) is 2. The van der Waals surface area contributed by atoms with Gasteiger partial charge >= 0.3 is 0 Å². The Morgan fingerprint density at radius 1 is 1.43 bits per heavy atom. The minimum atomic E-state index is -0.833. The lowest BCUT2D eigenvalue weighted by atomic mass is 10.2. The summed E-state index contributed by atoms with van der Waals surface area (Å²) in [5, 5.41) is 0. The van der Waals surface area contributed by atoms with Gasteiger partial charge in [0.05, 0.1) is 19.8 Å². The Labute approximate surface area is 90.5 Å². The third-order valence-corrected chi connectivity index (χ3v) is 2.61. The first-order valence-electron chi connectivity index (χ1n) is 4.37. The summed E-state index contributed by atoms with van der Waals surface area (Å²) in [7, 11) is 0. The van der Waals surface area contributed by atoms with Crippen LogP contribution in [0.15, 0.2) is 22.8 Å². The van der Waals surface area contributed by atoms with Crippen LogP contribution in [0.2, 0.25) is 0 Å². The summed E-state index contributed by atoms with van der Waals surface area (Å²) < 4.78 is 11.9. The quantitative estimate of drug-likeness (QED) is 0.860. The normalized spacial score (nSPS) is 19.9. The largest absolute Gasteiger partial charge is 0.341 e. The standard InChI is InChI=1S/C9H11BrN2O2/c10-7-1-2-8(12-5-7)9(6-11)13-3-4-14-9/h1-2,5H,3-4,6,11H2. The van der Waals surface area contributed by atoms with Gasteiger partial charge in [0, 0.05) is 10.7 Å². The Kier molecular flexibility index (Phi) is 2.83. The van der Waals surface area contributed by atoms with Crippen molar-refractivity contribution in [3.63, 3.8) is 0 Å². The van der Waals surface area contributed by atoms with E-state index in [1.807, 2.05) is 12.1 Å². The summed E-state index contributed by atoms with van der Waals surface area (Å²) in [5.41, 5.74) is 6.36. The van der Waals surface area contributed by atoms with Gasteiger partial charge in [0.25, 0.3) is 0 Å². The molecule has 0 atom stereocenters. The lowest BCUT2D eigenvalue weighted by Gasteiger charge is -2.24. The number of hydrogen-bond donors (Lipinski definition) is 1. The Morgan fingerprint density at radius 3 is 2.64 bits per heavy atom. The van der Waals surface area contributed by atoms with Crippen LogP contribution in [0, 0.1) is 0 Å². The van der Waals surface area contributed by atoms with Crippen LogP contribution in [0.3, 0.4) is 0 Å². The van der Waals surface area contributed by atoms with E-state index in [4.69, 9.17) is 15.2 Å². The van der Waals surface area contributed by atoms with Gasteiger partial charge in [-0.25, -0.2) is 0 Å². The van der Waals surface area contributed by atoms with Gasteiger partial charge in [0.15, 0.2) is 0 Å². The maximum atomic E-state index is 5.64. The molecule has 0 saturated carbocycles. The highest BCUT2D eigenvalue weighted by Gasteiger charge is 2.38. The first-order chi connectivity index (χ1) is 6.77. The van der Waals surface area contributed by atoms with E-state index in [1.54, 1.807) is 6.20 Å². The van der Waals surface area contributed by atoms with Crippen LogP contribution in [-0.2, 0) is 15.3 Å². The van der Waals surface area contributed by atoms with Crippen LogP contribution in [0.4, 0.5) is 0 Å². The van der Waals surface area contributed by atoms with E-state index in [0.29, 0.717) is 13.2 Å². The zero-order valence-corrected chi connectivity index (χ0v) is 9.16. The molecule has 76 valence electrons. The van der Waals surface area contributed by atoms with Crippen molar-refractivity contribution in [3.8, 4) is 0 Å². The second kappa shape index (κ2) is 3.94. The highest BCUT2D eigenvalue weighted by atomic mass is 79.9. The van der Waals surface area contributed by atoms with Gasteiger partial charge in [0.2, 0.25) is 5.79 Å². The summed E-state index contributed by atoms with van der Waals surface area (Å²) in [4.78, 5) is 4.23. The van der Waals surface area contributed by atoms with Crippen molar-refractivity contribution in [3.05, 3.63) is 28.5 Å². The van der Waals surface area contributed by atoms with Crippen LogP contribution in [0.25, 0.3) is 0 Å². The zero-order valence-electron chi connectivity index (χ0n) is 7.57. The zero-order chi connectivity index (χ0) is 10.0. The van der Waals surface area contributed by atoms with E-state index in [-0.39, 0.29) is 6.54 Å². The van der Waals surface area contributed by atoms with Crippen LogP contribution < -0.4 is 5.73 Å². The molecule has 2 rings (SSSR count). The lowest BCUT2D eigenvalue weighted by molar-refractivity contribution is -0.159. The molecule has 1 fully saturated rings. The van der Waals surface area contributed by atoms with Crippen LogP contribution >= 0.6 is 15.9 Å². The molecule has 1 aliphatic rings. The fourth-order valence-electron chi connectivity index (χ4n) is 1.43. The first kappa shape index (κ1) is 10.0. The number of halogens is 1. The molecule has 0 radical (unpaired) electrons. The summed E-state index contributed by atoms with van der Waals surface area (Å²) in [6.07, 6.45) is 1.71. The number of pyridine rings is 1. The third-order valence-electron chi connectivity index (χ3n) is 2.14. The Balaban J connectivity index is 2.31. The predicted octanol–water partition coefficient (Wildman–Crippen LogP) is 1.00. The van der Waals surface area contributed by atoms with Gasteiger partial charge in [-0.1, -0.05) is 0 Å². The van der Waals surface area contributed by atoms with Gasteiger partial charge in [0.1, 0.15) is 5.69 Å². The third kappa shape index (κ3) is 1.68. The second-order valence-electron chi connectivity index (χ2n) is 3.02. The van der Waals surface area contributed by atoms with Crippen LogP contribution in [0.1, 0.15) is 5.69 Å². The number of nitrogens with zero attached hydrogens (tertiary/aromatic N) is 1. The van der Waals surface area contributed by atoms with Crippen molar-refractivity contribution in [1.82, 2.24) is 4.98 Å². The summed E-state index contributed by atoms with van der Waals surface area (Å²) in [6, 6.07) is 3.74. The molecular formula is C9H11BrN2O2. The first-order valence-corrected chi connectivity index (χ1v) is 5.16. The molecule has 1 aromatic heterocycles. The summed E-state index contributed by atoms with van der Waals surface area (Å²) >= 11 is 3.32. The lowest BCUT2D eigenvalue weighted by Crippen LogP contribution is -2.36. The van der Waals surface area contributed by atoms with E-state index in [2.05, 4.69) is 20.9 Å². The van der Waals surface area contributed by atoms with E-state index < -0.39 is 5.79 Å². The average Bonchev–Trinajstić information content (AvgIpc) is 2.68. The van der Waals surface area contributed by atoms with Crippen molar-refractivity contribution < 1.29 is 9.47 Å². The molecule has 1 aromatic rings. The molecule has 4 nitrogen and oxygen atoms in total. The predicted molar refractivity (Wildman–Crippen MR) is 54.6 cm³/mol. The van der Waals surface area contributed by atoms with Crippen molar-refractivity contribution in [2.45, 2.75) is 5.79 Å². The highest BCUT2D eigenvalue weighted by Crippen LogP contribution is 2.29. The van der Waals surface area contributed by atoms with Crippen molar-refractivity contribution >= 4 is 15.9 Å². The SMILES string of the molecule is NCC1(c2ccc(Br)cn2)OCCO1. The molecule has 0 aliphatic carbocycles. The Morgan fingerprint density at radius 2 is 2.14 bits per heavy atom. The van der Waals surface area contributed by atoms with Gasteiger partial charge in [-0.05, 0) is 28.1 Å². The molecule has 2 heterocycles. The molecule has 1 saturated heterocycles. The summed E-state index contributed by atoms with van der Waals surface area (Å²) in [5.74, 6) is -0.833. The molecule has 1 aliphatic heterocycles.